The largest absolute Gasteiger partial charge is 0.378 e. The predicted molar refractivity (Wildman–Crippen MR) is 64.7 cm³/mol. The average Bonchev–Trinajstić information content (AvgIpc) is 2.27. The van der Waals surface area contributed by atoms with Gasteiger partial charge in [0.2, 0.25) is 0 Å². The molecule has 1 heterocycles. The molecule has 1 aromatic carbocycles. The van der Waals surface area contributed by atoms with Crippen molar-refractivity contribution in [2.24, 2.45) is 0 Å². The van der Waals surface area contributed by atoms with Gasteiger partial charge in [-0.2, -0.15) is 0 Å². The highest BCUT2D eigenvalue weighted by molar-refractivity contribution is 5.32. The molecule has 0 saturated carbocycles. The number of hydrogen-bond acceptors (Lipinski definition) is 2. The summed E-state index contributed by atoms with van der Waals surface area (Å²) in [4.78, 5) is 0. The molecule has 16 heavy (non-hydrogen) atoms. The third-order valence-electron chi connectivity index (χ3n) is 3.78. The maximum Gasteiger partial charge on any atom is 0.0643 e. The maximum atomic E-state index is 5.18. The van der Waals surface area contributed by atoms with Crippen LogP contribution in [0.15, 0.2) is 24.3 Å². The van der Waals surface area contributed by atoms with Crippen LogP contribution in [0.3, 0.4) is 0 Å². The van der Waals surface area contributed by atoms with Crippen molar-refractivity contribution in [1.29, 1.82) is 0 Å². The van der Waals surface area contributed by atoms with Crippen LogP contribution in [-0.2, 0) is 11.2 Å². The van der Waals surface area contributed by atoms with Crippen LogP contribution in [0, 0.1) is 0 Å². The van der Waals surface area contributed by atoms with Gasteiger partial charge in [0.25, 0.3) is 0 Å². The first-order valence-corrected chi connectivity index (χ1v) is 6.32. The summed E-state index contributed by atoms with van der Waals surface area (Å²) >= 11 is 0. The lowest BCUT2D eigenvalue weighted by Gasteiger charge is -2.31. The minimum Gasteiger partial charge on any atom is -0.378 e. The second kappa shape index (κ2) is 4.56. The molecule has 0 spiro atoms. The summed E-state index contributed by atoms with van der Waals surface area (Å²) < 4.78 is 5.18. The van der Waals surface area contributed by atoms with E-state index in [2.05, 4.69) is 29.6 Å². The van der Waals surface area contributed by atoms with Crippen LogP contribution in [0.5, 0.6) is 0 Å². The van der Waals surface area contributed by atoms with Gasteiger partial charge < -0.3 is 10.1 Å². The molecule has 1 atom stereocenters. The lowest BCUT2D eigenvalue weighted by atomic mass is 9.83. The second-order valence-corrected chi connectivity index (χ2v) is 4.93. The Balaban J connectivity index is 1.66. The van der Waals surface area contributed by atoms with E-state index in [4.69, 9.17) is 4.74 Å². The van der Waals surface area contributed by atoms with E-state index >= 15 is 0 Å². The first kappa shape index (κ1) is 10.3. The summed E-state index contributed by atoms with van der Waals surface area (Å²) in [6.07, 6.45) is 3.93. The molecule has 0 radical (unpaired) electrons. The van der Waals surface area contributed by atoms with E-state index in [1.165, 1.54) is 19.3 Å². The van der Waals surface area contributed by atoms with Crippen molar-refractivity contribution in [1.82, 2.24) is 5.32 Å². The van der Waals surface area contributed by atoms with Crippen molar-refractivity contribution in [3.63, 3.8) is 0 Å². The number of benzene rings is 1. The fraction of sp³-hybridized carbons (Fsp3) is 0.571. The van der Waals surface area contributed by atoms with Gasteiger partial charge in [-0.1, -0.05) is 24.3 Å². The maximum absolute atomic E-state index is 5.18. The molecule has 1 fully saturated rings. The first-order valence-electron chi connectivity index (χ1n) is 6.32. The van der Waals surface area contributed by atoms with E-state index in [9.17, 15) is 0 Å². The van der Waals surface area contributed by atoms with Gasteiger partial charge in [-0.05, 0) is 36.3 Å². The molecule has 1 aliphatic heterocycles. The minimum absolute atomic E-state index is 0.606. The van der Waals surface area contributed by atoms with Crippen molar-refractivity contribution in [3.05, 3.63) is 35.4 Å². The molecule has 2 nitrogen and oxygen atoms in total. The summed E-state index contributed by atoms with van der Waals surface area (Å²) in [5.41, 5.74) is 3.13. The van der Waals surface area contributed by atoms with Gasteiger partial charge in [0.05, 0.1) is 19.3 Å². The van der Waals surface area contributed by atoms with Crippen molar-refractivity contribution in [2.75, 3.05) is 19.8 Å². The summed E-state index contributed by atoms with van der Waals surface area (Å²) in [5.74, 6) is 0.713. The molecule has 86 valence electrons. The second-order valence-electron chi connectivity index (χ2n) is 4.93. The van der Waals surface area contributed by atoms with Gasteiger partial charge in [0.15, 0.2) is 0 Å². The van der Waals surface area contributed by atoms with Crippen LogP contribution in [0.2, 0.25) is 0 Å². The van der Waals surface area contributed by atoms with Gasteiger partial charge in [-0.15, -0.1) is 0 Å². The number of nitrogens with one attached hydrogen (secondary N) is 1. The summed E-state index contributed by atoms with van der Waals surface area (Å²) in [6, 6.07) is 9.53. The van der Waals surface area contributed by atoms with Crippen molar-refractivity contribution >= 4 is 0 Å². The zero-order valence-corrected chi connectivity index (χ0v) is 9.61. The van der Waals surface area contributed by atoms with E-state index < -0.39 is 0 Å². The fourth-order valence-electron chi connectivity index (χ4n) is 2.73. The van der Waals surface area contributed by atoms with E-state index in [0.29, 0.717) is 12.0 Å². The normalized spacial score (nSPS) is 24.9. The molecule has 1 unspecified atom stereocenters. The van der Waals surface area contributed by atoms with Crippen molar-refractivity contribution in [3.8, 4) is 0 Å². The van der Waals surface area contributed by atoms with Crippen LogP contribution in [0.4, 0.5) is 0 Å². The average molecular weight is 217 g/mol. The van der Waals surface area contributed by atoms with Crippen molar-refractivity contribution in [2.45, 2.75) is 31.2 Å². The monoisotopic (exact) mass is 217 g/mol. The minimum atomic E-state index is 0.606. The van der Waals surface area contributed by atoms with Gasteiger partial charge in [-0.3, -0.25) is 0 Å². The quantitative estimate of drug-likeness (QED) is 0.837. The van der Waals surface area contributed by atoms with E-state index in [0.717, 1.165) is 19.8 Å². The molecule has 0 bridgehead atoms. The van der Waals surface area contributed by atoms with Crippen molar-refractivity contribution < 1.29 is 4.74 Å². The van der Waals surface area contributed by atoms with E-state index in [1.807, 2.05) is 0 Å². The lowest BCUT2D eigenvalue weighted by Crippen LogP contribution is -2.47. The first-order chi connectivity index (χ1) is 7.93. The Morgan fingerprint density at radius 1 is 1.25 bits per heavy atom. The number of hydrogen-bond donors (Lipinski definition) is 1. The SMILES string of the molecule is c1ccc2c(c1)CCCC2CNC1COC1. The molecular formula is C14H19NO. The Hall–Kier alpha value is -0.860. The summed E-state index contributed by atoms with van der Waals surface area (Å²) in [7, 11) is 0. The zero-order valence-electron chi connectivity index (χ0n) is 9.61. The van der Waals surface area contributed by atoms with Crippen LogP contribution >= 0.6 is 0 Å². The molecular weight excluding hydrogens is 198 g/mol. The molecule has 0 aromatic heterocycles. The van der Waals surface area contributed by atoms with Gasteiger partial charge >= 0.3 is 0 Å². The number of ether oxygens (including phenoxy) is 1. The number of fused-ring (bicyclic) bond motifs is 1. The highest BCUT2D eigenvalue weighted by Gasteiger charge is 2.23. The summed E-state index contributed by atoms with van der Waals surface area (Å²) in [5, 5.41) is 3.60. The zero-order chi connectivity index (χ0) is 10.8. The van der Waals surface area contributed by atoms with Gasteiger partial charge in [0.1, 0.15) is 0 Å². The third kappa shape index (κ3) is 2.00. The lowest BCUT2D eigenvalue weighted by molar-refractivity contribution is -0.00562. The Bertz CT molecular complexity index is 360. The molecule has 2 aliphatic rings. The molecule has 1 aliphatic carbocycles. The fourth-order valence-corrected chi connectivity index (χ4v) is 2.73. The third-order valence-corrected chi connectivity index (χ3v) is 3.78. The number of rotatable bonds is 3. The van der Waals surface area contributed by atoms with E-state index in [-0.39, 0.29) is 0 Å². The van der Waals surface area contributed by atoms with Crippen LogP contribution < -0.4 is 5.32 Å². The Labute approximate surface area is 97.0 Å². The van der Waals surface area contributed by atoms with E-state index in [1.54, 1.807) is 11.1 Å². The molecule has 3 rings (SSSR count). The standard InChI is InChI=1S/C14H19NO/c1-2-7-14-11(4-1)5-3-6-12(14)8-15-13-9-16-10-13/h1-2,4,7,12-13,15H,3,5-6,8-10H2. The Kier molecular flexibility index (Phi) is 2.94. The Morgan fingerprint density at radius 3 is 2.94 bits per heavy atom. The van der Waals surface area contributed by atoms with Crippen LogP contribution in [0.25, 0.3) is 0 Å². The molecule has 0 amide bonds. The molecule has 2 heteroatoms. The molecule has 1 N–H and O–H groups in total. The number of aryl methyl sites for hydroxylation is 1. The highest BCUT2D eigenvalue weighted by Crippen LogP contribution is 2.30. The topological polar surface area (TPSA) is 21.3 Å². The smallest absolute Gasteiger partial charge is 0.0643 e. The predicted octanol–water partition coefficient (Wildman–Crippen LogP) is 2.09. The highest BCUT2D eigenvalue weighted by atomic mass is 16.5. The van der Waals surface area contributed by atoms with Gasteiger partial charge in [0, 0.05) is 6.54 Å². The van der Waals surface area contributed by atoms with Gasteiger partial charge in [-0.25, -0.2) is 0 Å². The van der Waals surface area contributed by atoms with Crippen LogP contribution in [-0.4, -0.2) is 25.8 Å². The molecule has 1 saturated heterocycles. The summed E-state index contributed by atoms with van der Waals surface area (Å²) in [6.45, 7) is 2.91. The molecule has 1 aromatic rings. The Morgan fingerprint density at radius 2 is 2.12 bits per heavy atom. The van der Waals surface area contributed by atoms with Crippen LogP contribution in [0.1, 0.15) is 29.9 Å².